The van der Waals surface area contributed by atoms with E-state index in [9.17, 15) is 9.59 Å². The van der Waals surface area contributed by atoms with Gasteiger partial charge in [-0.1, -0.05) is 35.9 Å². The molecule has 2 fully saturated rings. The van der Waals surface area contributed by atoms with Gasteiger partial charge in [-0.3, -0.25) is 14.5 Å². The molecule has 164 valence electrons. The van der Waals surface area contributed by atoms with Gasteiger partial charge in [-0.2, -0.15) is 0 Å². The second-order valence-corrected chi connectivity index (χ2v) is 8.54. The molecule has 0 spiro atoms. The van der Waals surface area contributed by atoms with Crippen LogP contribution in [0.4, 0.5) is 5.69 Å². The van der Waals surface area contributed by atoms with Gasteiger partial charge in [0.25, 0.3) is 0 Å². The first-order valence-electron chi connectivity index (χ1n) is 10.8. The smallest absolute Gasteiger partial charge is 0.227 e. The Morgan fingerprint density at radius 1 is 1.16 bits per heavy atom. The number of ether oxygens (including phenoxy) is 1. The summed E-state index contributed by atoms with van der Waals surface area (Å²) in [5.41, 5.74) is 1.82. The van der Waals surface area contributed by atoms with E-state index in [-0.39, 0.29) is 30.2 Å². The predicted molar refractivity (Wildman–Crippen MR) is 121 cm³/mol. The third-order valence-electron chi connectivity index (χ3n) is 6.19. The van der Waals surface area contributed by atoms with Gasteiger partial charge < -0.3 is 15.0 Å². The molecule has 2 heterocycles. The Kier molecular flexibility index (Phi) is 6.78. The molecule has 2 unspecified atom stereocenters. The van der Waals surface area contributed by atoms with Crippen LogP contribution in [0.1, 0.15) is 30.9 Å². The van der Waals surface area contributed by atoms with Crippen molar-refractivity contribution in [3.63, 3.8) is 0 Å². The van der Waals surface area contributed by atoms with Gasteiger partial charge >= 0.3 is 0 Å². The van der Waals surface area contributed by atoms with Gasteiger partial charge in [0.2, 0.25) is 11.8 Å². The Morgan fingerprint density at radius 3 is 2.55 bits per heavy atom. The summed E-state index contributed by atoms with van der Waals surface area (Å²) in [5.74, 6) is 0.288. The molecule has 2 aromatic carbocycles. The van der Waals surface area contributed by atoms with Gasteiger partial charge in [0.05, 0.1) is 29.8 Å². The average Bonchev–Trinajstić information content (AvgIpc) is 3.45. The zero-order valence-corrected chi connectivity index (χ0v) is 18.5. The number of para-hydroxylation sites is 1. The summed E-state index contributed by atoms with van der Waals surface area (Å²) < 4.78 is 5.28. The van der Waals surface area contributed by atoms with Crippen molar-refractivity contribution in [1.82, 2.24) is 10.2 Å². The normalized spacial score (nSPS) is 20.1. The van der Waals surface area contributed by atoms with E-state index >= 15 is 0 Å². The first-order valence-corrected chi connectivity index (χ1v) is 11.1. The molecular weight excluding hydrogens is 414 g/mol. The molecule has 1 N–H and O–H groups in total. The molecule has 2 aliphatic rings. The standard InChI is InChI=1S/C24H28ClN3O3/c1-31-19-10-8-17(9-11-19)22(27-12-4-5-13-27)15-26-24(30)18-14-23(29)28(16-18)21-7-3-2-6-20(21)25/h2-3,6-11,18,22H,4-5,12-16H2,1H3,(H,26,30). The van der Waals surface area contributed by atoms with Crippen molar-refractivity contribution in [2.45, 2.75) is 25.3 Å². The SMILES string of the molecule is COc1ccc(C(CNC(=O)C2CC(=O)N(c3ccccc3Cl)C2)N2CCCC2)cc1. The van der Waals surface area contributed by atoms with Gasteiger partial charge in [0, 0.05) is 19.5 Å². The number of likely N-dealkylation sites (tertiary alicyclic amines) is 1. The number of rotatable bonds is 7. The minimum Gasteiger partial charge on any atom is -0.497 e. The molecule has 4 rings (SSSR count). The number of carbonyl (C=O) groups excluding carboxylic acids is 2. The van der Waals surface area contributed by atoms with Crippen LogP contribution in [0.15, 0.2) is 48.5 Å². The third kappa shape index (κ3) is 4.86. The topological polar surface area (TPSA) is 61.9 Å². The highest BCUT2D eigenvalue weighted by molar-refractivity contribution is 6.33. The Morgan fingerprint density at radius 2 is 1.87 bits per heavy atom. The van der Waals surface area contributed by atoms with E-state index in [1.807, 2.05) is 30.3 Å². The summed E-state index contributed by atoms with van der Waals surface area (Å²) in [4.78, 5) is 29.5. The maximum Gasteiger partial charge on any atom is 0.227 e. The summed E-state index contributed by atoms with van der Waals surface area (Å²) in [7, 11) is 1.65. The van der Waals surface area contributed by atoms with E-state index in [0.29, 0.717) is 23.8 Å². The summed E-state index contributed by atoms with van der Waals surface area (Å²) in [6, 6.07) is 15.4. The Bertz CT molecular complexity index is 928. The number of anilines is 1. The number of nitrogens with one attached hydrogen (secondary N) is 1. The summed E-state index contributed by atoms with van der Waals surface area (Å²) in [6.07, 6.45) is 2.54. The van der Waals surface area contributed by atoms with Gasteiger partial charge in [-0.05, 0) is 55.8 Å². The van der Waals surface area contributed by atoms with Crippen LogP contribution in [0, 0.1) is 5.92 Å². The molecule has 0 bridgehead atoms. The fourth-order valence-corrected chi connectivity index (χ4v) is 4.70. The first kappa shape index (κ1) is 21.7. The number of halogens is 1. The fourth-order valence-electron chi connectivity index (χ4n) is 4.47. The van der Waals surface area contributed by atoms with Crippen LogP contribution >= 0.6 is 11.6 Å². The van der Waals surface area contributed by atoms with Crippen LogP contribution in [-0.2, 0) is 9.59 Å². The maximum atomic E-state index is 12.9. The van der Waals surface area contributed by atoms with Gasteiger partial charge in [-0.25, -0.2) is 0 Å². The summed E-state index contributed by atoms with van der Waals surface area (Å²) in [6.45, 7) is 2.91. The Balaban J connectivity index is 1.42. The van der Waals surface area contributed by atoms with Crippen molar-refractivity contribution in [2.24, 2.45) is 5.92 Å². The first-order chi connectivity index (χ1) is 15.1. The van der Waals surface area contributed by atoms with Crippen molar-refractivity contribution in [1.29, 1.82) is 0 Å². The van der Waals surface area contributed by atoms with Crippen molar-refractivity contribution in [3.05, 3.63) is 59.1 Å². The van der Waals surface area contributed by atoms with E-state index in [4.69, 9.17) is 16.3 Å². The summed E-state index contributed by atoms with van der Waals surface area (Å²) in [5, 5.41) is 3.63. The molecule has 7 heteroatoms. The van der Waals surface area contributed by atoms with Gasteiger partial charge in [0.1, 0.15) is 5.75 Å². The lowest BCUT2D eigenvalue weighted by Crippen LogP contribution is -2.40. The minimum atomic E-state index is -0.376. The number of nitrogens with zero attached hydrogens (tertiary/aromatic N) is 2. The zero-order valence-electron chi connectivity index (χ0n) is 17.7. The highest BCUT2D eigenvalue weighted by Gasteiger charge is 2.36. The molecule has 2 aliphatic heterocycles. The van der Waals surface area contributed by atoms with Crippen LogP contribution in [-0.4, -0.2) is 50.0 Å². The van der Waals surface area contributed by atoms with E-state index in [1.54, 1.807) is 18.1 Å². The third-order valence-corrected chi connectivity index (χ3v) is 6.51. The van der Waals surface area contributed by atoms with Crippen LogP contribution in [0.2, 0.25) is 5.02 Å². The number of methoxy groups -OCH3 is 1. The second-order valence-electron chi connectivity index (χ2n) is 8.13. The van der Waals surface area contributed by atoms with E-state index in [0.717, 1.165) is 24.4 Å². The lowest BCUT2D eigenvalue weighted by Gasteiger charge is -2.28. The lowest BCUT2D eigenvalue weighted by atomic mass is 10.0. The van der Waals surface area contributed by atoms with Gasteiger partial charge in [-0.15, -0.1) is 0 Å². The Labute approximate surface area is 188 Å². The number of amides is 2. The number of carbonyl (C=O) groups is 2. The van der Waals surface area contributed by atoms with E-state index in [1.165, 1.54) is 12.8 Å². The lowest BCUT2D eigenvalue weighted by molar-refractivity contribution is -0.126. The fraction of sp³-hybridized carbons (Fsp3) is 0.417. The number of hydrogen-bond donors (Lipinski definition) is 1. The molecule has 31 heavy (non-hydrogen) atoms. The van der Waals surface area contributed by atoms with Crippen molar-refractivity contribution < 1.29 is 14.3 Å². The quantitative estimate of drug-likeness (QED) is 0.712. The molecule has 2 saturated heterocycles. The van der Waals surface area contributed by atoms with Crippen LogP contribution in [0.3, 0.4) is 0 Å². The summed E-state index contributed by atoms with van der Waals surface area (Å²) >= 11 is 6.25. The predicted octanol–water partition coefficient (Wildman–Crippen LogP) is 3.65. The largest absolute Gasteiger partial charge is 0.497 e. The van der Waals surface area contributed by atoms with Crippen LogP contribution < -0.4 is 15.0 Å². The maximum absolute atomic E-state index is 12.9. The van der Waals surface area contributed by atoms with Crippen molar-refractivity contribution in [3.8, 4) is 5.75 Å². The molecular formula is C24H28ClN3O3. The molecule has 2 amide bonds. The highest BCUT2D eigenvalue weighted by Crippen LogP contribution is 2.31. The molecule has 2 atom stereocenters. The number of hydrogen-bond acceptors (Lipinski definition) is 4. The molecule has 0 saturated carbocycles. The van der Waals surface area contributed by atoms with E-state index < -0.39 is 0 Å². The van der Waals surface area contributed by atoms with Crippen LogP contribution in [0.5, 0.6) is 5.75 Å². The monoisotopic (exact) mass is 441 g/mol. The highest BCUT2D eigenvalue weighted by atomic mass is 35.5. The van der Waals surface area contributed by atoms with Crippen molar-refractivity contribution >= 4 is 29.1 Å². The molecule has 2 aromatic rings. The minimum absolute atomic E-state index is 0.0699. The van der Waals surface area contributed by atoms with Crippen molar-refractivity contribution in [2.75, 3.05) is 38.2 Å². The van der Waals surface area contributed by atoms with Crippen LogP contribution in [0.25, 0.3) is 0 Å². The molecule has 6 nitrogen and oxygen atoms in total. The zero-order chi connectivity index (χ0) is 21.8. The molecule has 0 radical (unpaired) electrons. The Hall–Kier alpha value is -2.57. The second kappa shape index (κ2) is 9.71. The molecule has 0 aromatic heterocycles. The van der Waals surface area contributed by atoms with Gasteiger partial charge in [0.15, 0.2) is 0 Å². The number of benzene rings is 2. The van der Waals surface area contributed by atoms with E-state index in [2.05, 4.69) is 22.3 Å². The average molecular weight is 442 g/mol. The molecule has 0 aliphatic carbocycles.